The lowest BCUT2D eigenvalue weighted by atomic mass is 10.2. The van der Waals surface area contributed by atoms with Crippen molar-refractivity contribution >= 4 is 21.3 Å². The maximum Gasteiger partial charge on any atom is 0.179 e. The van der Waals surface area contributed by atoms with Crippen LogP contribution in [0.5, 0.6) is 0 Å². The Bertz CT molecular complexity index is 684. The van der Waals surface area contributed by atoms with E-state index >= 15 is 0 Å². The standard InChI is InChI=1S/C13H15N3O2S/c1-19(17,18)12-7-4-8-15-13(12)16-11-6-3-2-5-10(11)9-14/h2-8H,9,14H2,1H3,(H,15,16). The Morgan fingerprint density at radius 3 is 2.63 bits per heavy atom. The van der Waals surface area contributed by atoms with Gasteiger partial charge in [0.15, 0.2) is 9.84 Å². The first-order valence-corrected chi connectivity index (χ1v) is 7.61. The van der Waals surface area contributed by atoms with E-state index in [1.54, 1.807) is 12.3 Å². The number of nitrogens with zero attached hydrogens (tertiary/aromatic N) is 1. The van der Waals surface area contributed by atoms with Crippen LogP contribution in [0.3, 0.4) is 0 Å². The highest BCUT2D eigenvalue weighted by Gasteiger charge is 2.14. The average Bonchev–Trinajstić information content (AvgIpc) is 2.39. The maximum atomic E-state index is 11.7. The summed E-state index contributed by atoms with van der Waals surface area (Å²) < 4.78 is 23.4. The van der Waals surface area contributed by atoms with Gasteiger partial charge in [-0.15, -0.1) is 0 Å². The molecule has 6 heteroatoms. The number of hydrogen-bond donors (Lipinski definition) is 2. The Morgan fingerprint density at radius 1 is 1.21 bits per heavy atom. The minimum atomic E-state index is -3.33. The van der Waals surface area contributed by atoms with Crippen molar-refractivity contribution in [2.75, 3.05) is 11.6 Å². The smallest absolute Gasteiger partial charge is 0.179 e. The fraction of sp³-hybridized carbons (Fsp3) is 0.154. The first-order valence-electron chi connectivity index (χ1n) is 5.72. The Balaban J connectivity index is 2.45. The van der Waals surface area contributed by atoms with Crippen LogP contribution >= 0.6 is 0 Å². The Labute approximate surface area is 112 Å². The molecule has 100 valence electrons. The van der Waals surface area contributed by atoms with Gasteiger partial charge in [0.2, 0.25) is 0 Å². The van der Waals surface area contributed by atoms with E-state index in [9.17, 15) is 8.42 Å². The zero-order valence-electron chi connectivity index (χ0n) is 10.5. The number of benzene rings is 1. The average molecular weight is 277 g/mol. The molecule has 1 aromatic heterocycles. The van der Waals surface area contributed by atoms with Crippen molar-refractivity contribution in [1.29, 1.82) is 0 Å². The second-order valence-corrected chi connectivity index (χ2v) is 6.09. The summed E-state index contributed by atoms with van der Waals surface area (Å²) >= 11 is 0. The Hall–Kier alpha value is -1.92. The Kier molecular flexibility index (Phi) is 3.82. The number of aromatic nitrogens is 1. The van der Waals surface area contributed by atoms with Crippen molar-refractivity contribution in [3.63, 3.8) is 0 Å². The van der Waals surface area contributed by atoms with E-state index in [1.165, 1.54) is 6.07 Å². The van der Waals surface area contributed by atoms with Crippen LogP contribution in [-0.4, -0.2) is 19.7 Å². The van der Waals surface area contributed by atoms with E-state index in [4.69, 9.17) is 5.73 Å². The lowest BCUT2D eigenvalue weighted by Crippen LogP contribution is -2.07. The highest BCUT2D eigenvalue weighted by molar-refractivity contribution is 7.90. The first kappa shape index (κ1) is 13.5. The summed E-state index contributed by atoms with van der Waals surface area (Å²) in [6, 6.07) is 10.6. The topological polar surface area (TPSA) is 85.1 Å². The molecule has 0 bridgehead atoms. The van der Waals surface area contributed by atoms with Gasteiger partial charge in [-0.25, -0.2) is 13.4 Å². The van der Waals surface area contributed by atoms with Crippen molar-refractivity contribution in [2.45, 2.75) is 11.4 Å². The van der Waals surface area contributed by atoms with Crippen LogP contribution in [0.2, 0.25) is 0 Å². The summed E-state index contributed by atoms with van der Waals surface area (Å²) in [5, 5.41) is 3.03. The molecular weight excluding hydrogens is 262 g/mol. The molecule has 19 heavy (non-hydrogen) atoms. The molecule has 0 radical (unpaired) electrons. The zero-order valence-corrected chi connectivity index (χ0v) is 11.3. The van der Waals surface area contributed by atoms with Gasteiger partial charge in [0.05, 0.1) is 0 Å². The van der Waals surface area contributed by atoms with E-state index in [2.05, 4.69) is 10.3 Å². The quantitative estimate of drug-likeness (QED) is 0.888. The van der Waals surface area contributed by atoms with Crippen molar-refractivity contribution in [2.24, 2.45) is 5.73 Å². The minimum Gasteiger partial charge on any atom is -0.339 e. The van der Waals surface area contributed by atoms with E-state index in [0.717, 1.165) is 17.5 Å². The SMILES string of the molecule is CS(=O)(=O)c1cccnc1Nc1ccccc1CN. The van der Waals surface area contributed by atoms with Crippen LogP contribution in [0.4, 0.5) is 11.5 Å². The van der Waals surface area contributed by atoms with Crippen molar-refractivity contribution < 1.29 is 8.42 Å². The molecule has 0 saturated heterocycles. The molecule has 1 aromatic carbocycles. The van der Waals surface area contributed by atoms with Crippen molar-refractivity contribution in [3.8, 4) is 0 Å². The molecule has 5 nitrogen and oxygen atoms in total. The monoisotopic (exact) mass is 277 g/mol. The van der Waals surface area contributed by atoms with Crippen molar-refractivity contribution in [3.05, 3.63) is 48.2 Å². The number of anilines is 2. The van der Waals surface area contributed by atoms with Crippen LogP contribution < -0.4 is 11.1 Å². The fourth-order valence-electron chi connectivity index (χ4n) is 1.73. The van der Waals surface area contributed by atoms with E-state index in [1.807, 2.05) is 24.3 Å². The highest BCUT2D eigenvalue weighted by atomic mass is 32.2. The van der Waals surface area contributed by atoms with Gasteiger partial charge >= 0.3 is 0 Å². The van der Waals surface area contributed by atoms with Crippen LogP contribution in [0.15, 0.2) is 47.5 Å². The van der Waals surface area contributed by atoms with Gasteiger partial charge in [-0.3, -0.25) is 0 Å². The van der Waals surface area contributed by atoms with Gasteiger partial charge < -0.3 is 11.1 Å². The van der Waals surface area contributed by atoms with Gasteiger partial charge in [0, 0.05) is 24.7 Å². The minimum absolute atomic E-state index is 0.168. The largest absolute Gasteiger partial charge is 0.339 e. The van der Waals surface area contributed by atoms with E-state index < -0.39 is 9.84 Å². The molecule has 2 rings (SSSR count). The summed E-state index contributed by atoms with van der Waals surface area (Å²) in [6.45, 7) is 0.365. The van der Waals surface area contributed by atoms with Gasteiger partial charge in [-0.2, -0.15) is 0 Å². The number of para-hydroxylation sites is 1. The molecule has 0 fully saturated rings. The summed E-state index contributed by atoms with van der Waals surface area (Å²) in [4.78, 5) is 4.25. The van der Waals surface area contributed by atoms with Gasteiger partial charge in [0.25, 0.3) is 0 Å². The predicted octanol–water partition coefficient (Wildman–Crippen LogP) is 1.69. The lowest BCUT2D eigenvalue weighted by molar-refractivity contribution is 0.602. The molecular formula is C13H15N3O2S. The molecule has 1 heterocycles. The van der Waals surface area contributed by atoms with E-state index in [-0.39, 0.29) is 4.90 Å². The summed E-state index contributed by atoms with van der Waals surface area (Å²) in [5.74, 6) is 0.311. The third-order valence-corrected chi connectivity index (χ3v) is 3.79. The van der Waals surface area contributed by atoms with Crippen molar-refractivity contribution in [1.82, 2.24) is 4.98 Å². The Morgan fingerprint density at radius 2 is 1.95 bits per heavy atom. The molecule has 0 aliphatic rings. The first-order chi connectivity index (χ1) is 9.02. The van der Waals surface area contributed by atoms with Crippen LogP contribution in [-0.2, 0) is 16.4 Å². The van der Waals surface area contributed by atoms with E-state index in [0.29, 0.717) is 12.4 Å². The molecule has 2 aromatic rings. The highest BCUT2D eigenvalue weighted by Crippen LogP contribution is 2.24. The van der Waals surface area contributed by atoms with Crippen LogP contribution in [0.1, 0.15) is 5.56 Å². The molecule has 3 N–H and O–H groups in total. The summed E-state index contributed by atoms with van der Waals surface area (Å²) in [5.41, 5.74) is 7.30. The number of rotatable bonds is 4. The molecule has 0 aliphatic heterocycles. The van der Waals surface area contributed by atoms with Crippen LogP contribution in [0.25, 0.3) is 0 Å². The number of hydrogen-bond acceptors (Lipinski definition) is 5. The summed E-state index contributed by atoms with van der Waals surface area (Å²) in [6.07, 6.45) is 2.70. The number of nitrogens with one attached hydrogen (secondary N) is 1. The van der Waals surface area contributed by atoms with Crippen LogP contribution in [0, 0.1) is 0 Å². The lowest BCUT2D eigenvalue weighted by Gasteiger charge is -2.12. The molecule has 0 atom stereocenters. The van der Waals surface area contributed by atoms with Gasteiger partial charge in [0.1, 0.15) is 10.7 Å². The fourth-order valence-corrected chi connectivity index (χ4v) is 2.51. The molecule has 0 aliphatic carbocycles. The predicted molar refractivity (Wildman–Crippen MR) is 75.0 cm³/mol. The van der Waals surface area contributed by atoms with Gasteiger partial charge in [-0.1, -0.05) is 18.2 Å². The molecule has 0 amide bonds. The molecule has 0 unspecified atom stereocenters. The number of nitrogens with two attached hydrogens (primary N) is 1. The second-order valence-electron chi connectivity index (χ2n) is 4.11. The normalized spacial score (nSPS) is 11.3. The molecule has 0 saturated carbocycles. The molecule has 0 spiro atoms. The number of pyridine rings is 1. The third-order valence-electron chi connectivity index (χ3n) is 2.66. The maximum absolute atomic E-state index is 11.7. The second kappa shape index (κ2) is 5.38. The number of sulfone groups is 1. The van der Waals surface area contributed by atoms with Gasteiger partial charge in [-0.05, 0) is 23.8 Å². The zero-order chi connectivity index (χ0) is 13.9. The summed E-state index contributed by atoms with van der Waals surface area (Å²) in [7, 11) is -3.33. The third kappa shape index (κ3) is 3.10.